The lowest BCUT2D eigenvalue weighted by Gasteiger charge is -2.23. The highest BCUT2D eigenvalue weighted by molar-refractivity contribution is 5.25. The Kier molecular flexibility index (Phi) is 3.92. The van der Waals surface area contributed by atoms with Gasteiger partial charge in [-0.2, -0.15) is 0 Å². The molecule has 0 aliphatic rings. The zero-order valence-electron chi connectivity index (χ0n) is 10.4. The van der Waals surface area contributed by atoms with Crippen molar-refractivity contribution in [2.45, 2.75) is 46.6 Å². The summed E-state index contributed by atoms with van der Waals surface area (Å²) in [7, 11) is 0. The molecule has 1 atom stereocenters. The summed E-state index contributed by atoms with van der Waals surface area (Å²) in [6.45, 7) is 8.87. The van der Waals surface area contributed by atoms with Crippen LogP contribution in [0.2, 0.25) is 0 Å². The van der Waals surface area contributed by atoms with E-state index < -0.39 is 0 Å². The Labute approximate surface area is 93.7 Å². The monoisotopic (exact) mass is 205 g/mol. The molecule has 0 aromatic heterocycles. The molecule has 0 aliphatic carbocycles. The Balaban J connectivity index is 2.77. The largest absolute Gasteiger partial charge is 0.324 e. The van der Waals surface area contributed by atoms with Crippen LogP contribution in [-0.4, -0.2) is 0 Å². The van der Waals surface area contributed by atoms with Gasteiger partial charge in [0.25, 0.3) is 0 Å². The van der Waals surface area contributed by atoms with Crippen molar-refractivity contribution in [3.8, 4) is 0 Å². The van der Waals surface area contributed by atoms with E-state index in [0.717, 1.165) is 12.8 Å². The van der Waals surface area contributed by atoms with Crippen LogP contribution < -0.4 is 5.73 Å². The molecule has 2 N–H and O–H groups in total. The lowest BCUT2D eigenvalue weighted by molar-refractivity contribution is 0.343. The molecule has 1 aromatic carbocycles. The van der Waals surface area contributed by atoms with E-state index in [0.29, 0.717) is 5.41 Å². The Bertz CT molecular complexity index is 309. The predicted octanol–water partition coefficient (Wildman–Crippen LogP) is 3.69. The molecule has 0 saturated carbocycles. The Morgan fingerprint density at radius 2 is 1.93 bits per heavy atom. The van der Waals surface area contributed by atoms with Crippen molar-refractivity contribution in [3.05, 3.63) is 35.4 Å². The SMILES string of the molecule is CCc1cccc(C(N)CC(C)(C)C)c1. The van der Waals surface area contributed by atoms with Crippen molar-refractivity contribution < 1.29 is 0 Å². The van der Waals surface area contributed by atoms with Crippen LogP contribution in [0.15, 0.2) is 24.3 Å². The van der Waals surface area contributed by atoms with Crippen molar-refractivity contribution in [1.82, 2.24) is 0 Å². The number of hydrogen-bond acceptors (Lipinski definition) is 1. The summed E-state index contributed by atoms with van der Waals surface area (Å²) in [5, 5.41) is 0. The van der Waals surface area contributed by atoms with E-state index in [-0.39, 0.29) is 6.04 Å². The molecule has 0 fully saturated rings. The minimum absolute atomic E-state index is 0.163. The standard InChI is InChI=1S/C14H23N/c1-5-11-7-6-8-12(9-11)13(15)10-14(2,3)4/h6-9,13H,5,10,15H2,1-4H3. The first kappa shape index (κ1) is 12.3. The van der Waals surface area contributed by atoms with Crippen molar-refractivity contribution in [2.75, 3.05) is 0 Å². The fraction of sp³-hybridized carbons (Fsp3) is 0.571. The first-order valence-corrected chi connectivity index (χ1v) is 5.77. The van der Waals surface area contributed by atoms with E-state index in [1.54, 1.807) is 0 Å². The summed E-state index contributed by atoms with van der Waals surface area (Å²) in [5.41, 5.74) is 9.14. The summed E-state index contributed by atoms with van der Waals surface area (Å²) >= 11 is 0. The molecule has 1 aromatic rings. The van der Waals surface area contributed by atoms with Gasteiger partial charge in [-0.15, -0.1) is 0 Å². The van der Waals surface area contributed by atoms with Crippen molar-refractivity contribution in [1.29, 1.82) is 0 Å². The van der Waals surface area contributed by atoms with Gasteiger partial charge in [-0.1, -0.05) is 52.0 Å². The lowest BCUT2D eigenvalue weighted by Crippen LogP contribution is -2.18. The van der Waals surface area contributed by atoms with E-state index >= 15 is 0 Å². The second-order valence-electron chi connectivity index (χ2n) is 5.47. The van der Waals surface area contributed by atoms with Crippen molar-refractivity contribution in [2.24, 2.45) is 11.1 Å². The molecular formula is C14H23N. The van der Waals surface area contributed by atoms with Gasteiger partial charge in [0.2, 0.25) is 0 Å². The maximum atomic E-state index is 6.20. The average molecular weight is 205 g/mol. The van der Waals surface area contributed by atoms with Crippen LogP contribution in [0.1, 0.15) is 51.3 Å². The molecular weight excluding hydrogens is 182 g/mol. The summed E-state index contributed by atoms with van der Waals surface area (Å²) in [5.74, 6) is 0. The average Bonchev–Trinajstić information content (AvgIpc) is 2.15. The van der Waals surface area contributed by atoms with Gasteiger partial charge in [0.15, 0.2) is 0 Å². The molecule has 0 heterocycles. The van der Waals surface area contributed by atoms with Gasteiger partial charge >= 0.3 is 0 Å². The summed E-state index contributed by atoms with van der Waals surface area (Å²) < 4.78 is 0. The fourth-order valence-electron chi connectivity index (χ4n) is 1.82. The highest BCUT2D eigenvalue weighted by Gasteiger charge is 2.16. The molecule has 1 heteroatoms. The highest BCUT2D eigenvalue weighted by atomic mass is 14.6. The Morgan fingerprint density at radius 1 is 1.27 bits per heavy atom. The van der Waals surface area contributed by atoms with Gasteiger partial charge in [-0.05, 0) is 29.4 Å². The van der Waals surface area contributed by atoms with Gasteiger partial charge in [0.05, 0.1) is 0 Å². The maximum Gasteiger partial charge on any atom is 0.0299 e. The van der Waals surface area contributed by atoms with E-state index in [1.165, 1.54) is 11.1 Å². The normalized spacial score (nSPS) is 13.9. The third kappa shape index (κ3) is 4.05. The lowest BCUT2D eigenvalue weighted by atomic mass is 9.85. The molecule has 0 spiro atoms. The molecule has 0 bridgehead atoms. The second-order valence-corrected chi connectivity index (χ2v) is 5.47. The van der Waals surface area contributed by atoms with Crippen LogP contribution >= 0.6 is 0 Å². The van der Waals surface area contributed by atoms with Crippen LogP contribution in [-0.2, 0) is 6.42 Å². The Morgan fingerprint density at radius 3 is 2.47 bits per heavy atom. The quantitative estimate of drug-likeness (QED) is 0.800. The number of hydrogen-bond donors (Lipinski definition) is 1. The number of nitrogens with two attached hydrogens (primary N) is 1. The van der Waals surface area contributed by atoms with Crippen LogP contribution in [0.3, 0.4) is 0 Å². The minimum atomic E-state index is 0.163. The zero-order valence-corrected chi connectivity index (χ0v) is 10.4. The van der Waals surface area contributed by atoms with E-state index in [9.17, 15) is 0 Å². The molecule has 0 aliphatic heterocycles. The maximum absolute atomic E-state index is 6.20. The van der Waals surface area contributed by atoms with Gasteiger partial charge in [0, 0.05) is 6.04 Å². The van der Waals surface area contributed by atoms with Crippen LogP contribution in [0, 0.1) is 5.41 Å². The van der Waals surface area contributed by atoms with Gasteiger partial charge in [0.1, 0.15) is 0 Å². The van der Waals surface area contributed by atoms with Crippen LogP contribution in [0.4, 0.5) is 0 Å². The second kappa shape index (κ2) is 4.80. The van der Waals surface area contributed by atoms with Crippen molar-refractivity contribution in [3.63, 3.8) is 0 Å². The number of aryl methyl sites for hydroxylation is 1. The first-order valence-electron chi connectivity index (χ1n) is 5.77. The van der Waals surface area contributed by atoms with Crippen LogP contribution in [0.5, 0.6) is 0 Å². The summed E-state index contributed by atoms with van der Waals surface area (Å²) in [6.07, 6.45) is 2.11. The predicted molar refractivity (Wildman–Crippen MR) is 66.8 cm³/mol. The number of rotatable bonds is 3. The minimum Gasteiger partial charge on any atom is -0.324 e. The highest BCUT2D eigenvalue weighted by Crippen LogP contribution is 2.27. The van der Waals surface area contributed by atoms with E-state index in [2.05, 4.69) is 52.0 Å². The zero-order chi connectivity index (χ0) is 11.5. The fourth-order valence-corrected chi connectivity index (χ4v) is 1.82. The molecule has 1 nitrogen and oxygen atoms in total. The summed E-state index contributed by atoms with van der Waals surface area (Å²) in [4.78, 5) is 0. The van der Waals surface area contributed by atoms with E-state index in [1.807, 2.05) is 0 Å². The molecule has 0 radical (unpaired) electrons. The smallest absolute Gasteiger partial charge is 0.0299 e. The van der Waals surface area contributed by atoms with Crippen LogP contribution in [0.25, 0.3) is 0 Å². The Hall–Kier alpha value is -0.820. The molecule has 1 unspecified atom stereocenters. The third-order valence-corrected chi connectivity index (χ3v) is 2.62. The summed E-state index contributed by atoms with van der Waals surface area (Å²) in [6, 6.07) is 8.80. The van der Waals surface area contributed by atoms with Crippen molar-refractivity contribution >= 4 is 0 Å². The van der Waals surface area contributed by atoms with E-state index in [4.69, 9.17) is 5.73 Å². The molecule has 0 saturated heterocycles. The first-order chi connectivity index (χ1) is 6.92. The molecule has 84 valence electrons. The molecule has 0 amide bonds. The topological polar surface area (TPSA) is 26.0 Å². The molecule has 15 heavy (non-hydrogen) atoms. The third-order valence-electron chi connectivity index (χ3n) is 2.62. The number of benzene rings is 1. The van der Waals surface area contributed by atoms with Gasteiger partial charge in [-0.3, -0.25) is 0 Å². The van der Waals surface area contributed by atoms with Gasteiger partial charge in [-0.25, -0.2) is 0 Å². The molecule has 1 rings (SSSR count). The van der Waals surface area contributed by atoms with Gasteiger partial charge < -0.3 is 5.73 Å².